The van der Waals surface area contributed by atoms with E-state index in [2.05, 4.69) is 9.97 Å². The Morgan fingerprint density at radius 1 is 1.33 bits per heavy atom. The van der Waals surface area contributed by atoms with Gasteiger partial charge in [-0.15, -0.1) is 0 Å². The molecule has 0 saturated carbocycles. The molecule has 92 valence electrons. The number of ether oxygens (including phenoxy) is 1. The third-order valence-corrected chi connectivity index (χ3v) is 2.83. The summed E-state index contributed by atoms with van der Waals surface area (Å²) < 4.78 is 5.33. The van der Waals surface area contributed by atoms with Gasteiger partial charge in [-0.1, -0.05) is 29.3 Å². The number of aromatic nitrogens is 2. The van der Waals surface area contributed by atoms with Gasteiger partial charge >= 0.3 is 5.97 Å². The zero-order valence-corrected chi connectivity index (χ0v) is 10.3. The Bertz CT molecular complexity index is 605. The Morgan fingerprint density at radius 3 is 2.83 bits per heavy atom. The number of rotatable bonds is 3. The number of carboxylic acid groups (broad SMARTS) is 1. The molecule has 0 aliphatic heterocycles. The van der Waals surface area contributed by atoms with Gasteiger partial charge in [0.05, 0.1) is 5.02 Å². The molecule has 0 spiro atoms. The first kappa shape index (κ1) is 12.6. The smallest absolute Gasteiger partial charge is 0.342 e. The molecule has 0 amide bonds. The fraction of sp³-hybridized carbons (Fsp3) is 0. The summed E-state index contributed by atoms with van der Waals surface area (Å²) in [5, 5.41) is 9.44. The molecule has 0 atom stereocenters. The molecule has 1 N–H and O–H groups in total. The van der Waals surface area contributed by atoms with E-state index < -0.39 is 5.97 Å². The lowest BCUT2D eigenvalue weighted by Gasteiger charge is -2.08. The van der Waals surface area contributed by atoms with E-state index in [0.29, 0.717) is 5.02 Å². The number of carbonyl (C=O) groups is 1. The van der Waals surface area contributed by atoms with Crippen LogP contribution in [0.2, 0.25) is 10.0 Å². The molecule has 2 aromatic rings. The minimum Gasteiger partial charge on any atom is -0.477 e. The molecule has 7 heteroatoms. The molecular formula is C11H6Cl2N2O3. The summed E-state index contributed by atoms with van der Waals surface area (Å²) in [7, 11) is 0. The average Bonchev–Trinajstić information content (AvgIpc) is 2.35. The van der Waals surface area contributed by atoms with Crippen LogP contribution in [-0.2, 0) is 0 Å². The molecule has 0 aliphatic rings. The Balaban J connectivity index is 2.40. The van der Waals surface area contributed by atoms with E-state index in [4.69, 9.17) is 33.0 Å². The highest BCUT2D eigenvalue weighted by Gasteiger charge is 2.15. The third kappa shape index (κ3) is 2.52. The second-order valence-corrected chi connectivity index (χ2v) is 3.99. The van der Waals surface area contributed by atoms with Crippen molar-refractivity contribution in [1.29, 1.82) is 0 Å². The van der Waals surface area contributed by atoms with Crippen molar-refractivity contribution in [2.45, 2.75) is 0 Å². The maximum Gasteiger partial charge on any atom is 0.342 e. The van der Waals surface area contributed by atoms with E-state index >= 15 is 0 Å². The molecule has 0 unspecified atom stereocenters. The zero-order chi connectivity index (χ0) is 13.1. The van der Waals surface area contributed by atoms with Gasteiger partial charge in [0.25, 0.3) is 0 Å². The van der Waals surface area contributed by atoms with Gasteiger partial charge in [0.2, 0.25) is 5.88 Å². The van der Waals surface area contributed by atoms with Gasteiger partial charge in [0, 0.05) is 6.20 Å². The number of aromatic carboxylic acids is 1. The van der Waals surface area contributed by atoms with Crippen LogP contribution in [0.25, 0.3) is 0 Å². The molecular weight excluding hydrogens is 279 g/mol. The molecule has 0 fully saturated rings. The number of benzene rings is 1. The first-order chi connectivity index (χ1) is 8.59. The Labute approximate surface area is 112 Å². The standard InChI is InChI=1S/C11H6Cl2N2O3/c12-7-2-1-3-8(9(7)13)18-10-6(11(16)17)4-14-5-15-10/h1-5H,(H,16,17). The van der Waals surface area contributed by atoms with Crippen LogP contribution in [0.15, 0.2) is 30.7 Å². The summed E-state index contributed by atoms with van der Waals surface area (Å²) in [5.74, 6) is -1.06. The highest BCUT2D eigenvalue weighted by Crippen LogP contribution is 2.34. The fourth-order valence-corrected chi connectivity index (χ4v) is 1.54. The highest BCUT2D eigenvalue weighted by atomic mass is 35.5. The van der Waals surface area contributed by atoms with Crippen LogP contribution < -0.4 is 4.74 Å². The number of hydrogen-bond donors (Lipinski definition) is 1. The lowest BCUT2D eigenvalue weighted by atomic mass is 10.3. The molecule has 0 saturated heterocycles. The van der Waals surface area contributed by atoms with Gasteiger partial charge in [0.1, 0.15) is 22.7 Å². The summed E-state index contributed by atoms with van der Waals surface area (Å²) in [6.07, 6.45) is 2.32. The molecule has 18 heavy (non-hydrogen) atoms. The van der Waals surface area contributed by atoms with Gasteiger partial charge in [-0.25, -0.2) is 14.8 Å². The van der Waals surface area contributed by atoms with Gasteiger partial charge in [-0.3, -0.25) is 0 Å². The highest BCUT2D eigenvalue weighted by molar-refractivity contribution is 6.42. The van der Waals surface area contributed by atoms with Crippen molar-refractivity contribution < 1.29 is 14.6 Å². The number of halogens is 2. The van der Waals surface area contributed by atoms with E-state index in [9.17, 15) is 4.79 Å². The number of carboxylic acids is 1. The van der Waals surface area contributed by atoms with Crippen molar-refractivity contribution >= 4 is 29.2 Å². The molecule has 0 bridgehead atoms. The predicted molar refractivity (Wildman–Crippen MR) is 65.5 cm³/mol. The van der Waals surface area contributed by atoms with E-state index in [1.54, 1.807) is 18.2 Å². The molecule has 0 aliphatic carbocycles. The summed E-state index contributed by atoms with van der Waals surface area (Å²) >= 11 is 11.7. The maximum absolute atomic E-state index is 10.9. The van der Waals surface area contributed by atoms with Gasteiger partial charge in [-0.05, 0) is 12.1 Å². The van der Waals surface area contributed by atoms with Crippen LogP contribution in [-0.4, -0.2) is 21.0 Å². The van der Waals surface area contributed by atoms with Crippen molar-refractivity contribution in [1.82, 2.24) is 9.97 Å². The van der Waals surface area contributed by atoms with Crippen LogP contribution in [0.1, 0.15) is 10.4 Å². The van der Waals surface area contributed by atoms with Gasteiger partial charge < -0.3 is 9.84 Å². The Hall–Kier alpha value is -1.85. The van der Waals surface area contributed by atoms with E-state index in [1.807, 2.05) is 0 Å². The lowest BCUT2D eigenvalue weighted by Crippen LogP contribution is -2.02. The van der Waals surface area contributed by atoms with Crippen LogP contribution in [0, 0.1) is 0 Å². The van der Waals surface area contributed by atoms with Crippen molar-refractivity contribution in [2.24, 2.45) is 0 Å². The van der Waals surface area contributed by atoms with E-state index in [0.717, 1.165) is 6.20 Å². The lowest BCUT2D eigenvalue weighted by molar-refractivity contribution is 0.0693. The topological polar surface area (TPSA) is 72.3 Å². The minimum atomic E-state index is -1.19. The largest absolute Gasteiger partial charge is 0.477 e. The molecule has 5 nitrogen and oxygen atoms in total. The fourth-order valence-electron chi connectivity index (χ4n) is 1.21. The van der Waals surface area contributed by atoms with Gasteiger partial charge in [-0.2, -0.15) is 0 Å². The Morgan fingerprint density at radius 2 is 2.11 bits per heavy atom. The van der Waals surface area contributed by atoms with E-state index in [1.165, 1.54) is 6.33 Å². The summed E-state index contributed by atoms with van der Waals surface area (Å²) in [5.41, 5.74) is -0.159. The van der Waals surface area contributed by atoms with Crippen LogP contribution in [0.5, 0.6) is 11.6 Å². The number of hydrogen-bond acceptors (Lipinski definition) is 4. The summed E-state index contributed by atoms with van der Waals surface area (Å²) in [4.78, 5) is 18.3. The van der Waals surface area contributed by atoms with Crippen LogP contribution in [0.4, 0.5) is 0 Å². The number of nitrogens with zero attached hydrogens (tertiary/aromatic N) is 2. The van der Waals surface area contributed by atoms with Crippen LogP contribution in [0.3, 0.4) is 0 Å². The zero-order valence-electron chi connectivity index (χ0n) is 8.80. The normalized spacial score (nSPS) is 10.1. The molecule has 1 heterocycles. The van der Waals surface area contributed by atoms with Crippen LogP contribution >= 0.6 is 23.2 Å². The quantitative estimate of drug-likeness (QED) is 0.936. The summed E-state index contributed by atoms with van der Waals surface area (Å²) in [6, 6.07) is 4.78. The average molecular weight is 285 g/mol. The molecule has 1 aromatic heterocycles. The van der Waals surface area contributed by atoms with Crippen molar-refractivity contribution in [3.8, 4) is 11.6 Å². The second kappa shape index (κ2) is 5.20. The van der Waals surface area contributed by atoms with Crippen molar-refractivity contribution in [3.05, 3.63) is 46.3 Å². The molecule has 0 radical (unpaired) electrons. The first-order valence-electron chi connectivity index (χ1n) is 4.74. The first-order valence-corrected chi connectivity index (χ1v) is 5.50. The predicted octanol–water partition coefficient (Wildman–Crippen LogP) is 3.27. The van der Waals surface area contributed by atoms with Crippen molar-refractivity contribution in [2.75, 3.05) is 0 Å². The maximum atomic E-state index is 10.9. The van der Waals surface area contributed by atoms with E-state index in [-0.39, 0.29) is 22.2 Å². The van der Waals surface area contributed by atoms with Gasteiger partial charge in [0.15, 0.2) is 0 Å². The Kier molecular flexibility index (Phi) is 3.64. The SMILES string of the molecule is O=C(O)c1cncnc1Oc1cccc(Cl)c1Cl. The second-order valence-electron chi connectivity index (χ2n) is 3.20. The third-order valence-electron chi connectivity index (χ3n) is 2.03. The molecule has 2 rings (SSSR count). The van der Waals surface area contributed by atoms with Crippen molar-refractivity contribution in [3.63, 3.8) is 0 Å². The minimum absolute atomic E-state index is 0.0957. The molecule has 1 aromatic carbocycles. The summed E-state index contributed by atoms with van der Waals surface area (Å²) in [6.45, 7) is 0. The monoisotopic (exact) mass is 284 g/mol.